The summed E-state index contributed by atoms with van der Waals surface area (Å²) >= 11 is 0. The first kappa shape index (κ1) is 49.4. The minimum Gasteiger partial charge on any atom is -0.458 e. The first-order valence-electron chi connectivity index (χ1n) is 20.5. The Labute approximate surface area is 344 Å². The van der Waals surface area contributed by atoms with Gasteiger partial charge in [-0.2, -0.15) is 0 Å². The SMILES string of the molecule is CC[C@H](C)C[C@H]1CC[C@](O)([C@](C)(O)C(=O)N[C@@H]2C(=O)N[C@H](CCCN)C(=O)N(O)[C@@H](C)C(=O)NCC(=O)N3NCCC[C@H]3C(=O)N(O)[C@H](C)C(=O)O[C@H]2C(C)C)O[C@@H]1C. The number of nitrogens with zero attached hydrogens (tertiary/aromatic N) is 3. The zero-order valence-electron chi connectivity index (χ0n) is 35.4. The Bertz CT molecular complexity index is 1530. The number of carbonyl (C=O) groups is 7. The standard InChI is InChI=1S/C38H66N8O13/c1-9-21(4)18-25-14-15-38(55,59-24(25)7)37(8,54)36(53)43-29-30(20(2)3)58-35(52)23(6)46(57)34(51)27-13-11-17-41-44(27)28(47)19-40-31(48)22(5)45(56)33(50)26(12-10-16-39)42-32(29)49/h20-27,29-30,41,54-57H,9-19,39H2,1-8H3,(H,40,48)(H,42,49)(H,43,53)/t21-,22-,23+,24+,25+,26+,27-,29-,30-,37+,38+/m0/s1. The maximum atomic E-state index is 14.4. The molecule has 0 aromatic heterocycles. The van der Waals surface area contributed by atoms with Gasteiger partial charge in [0.25, 0.3) is 23.6 Å². The predicted octanol–water partition coefficient (Wildman–Crippen LogP) is -1.21. The Hall–Kier alpha value is -3.99. The first-order chi connectivity index (χ1) is 27.5. The van der Waals surface area contributed by atoms with Crippen LogP contribution in [0.4, 0.5) is 0 Å². The molecule has 3 saturated heterocycles. The third kappa shape index (κ3) is 11.6. The second-order valence-corrected chi connectivity index (χ2v) is 16.6. The summed E-state index contributed by atoms with van der Waals surface area (Å²) in [6.07, 6.45) is 0.133. The third-order valence-corrected chi connectivity index (χ3v) is 11.7. The molecule has 3 aliphatic rings. The van der Waals surface area contributed by atoms with Crippen molar-refractivity contribution in [3.05, 3.63) is 0 Å². The second-order valence-electron chi connectivity index (χ2n) is 16.6. The number of hydroxylamine groups is 4. The van der Waals surface area contributed by atoms with Crippen LogP contribution in [0.15, 0.2) is 0 Å². The summed E-state index contributed by atoms with van der Waals surface area (Å²) in [6.45, 7) is 11.8. The molecule has 0 spiro atoms. The van der Waals surface area contributed by atoms with Gasteiger partial charge in [0.1, 0.15) is 30.3 Å². The summed E-state index contributed by atoms with van der Waals surface area (Å²) in [5, 5.41) is 53.6. The molecule has 59 heavy (non-hydrogen) atoms. The van der Waals surface area contributed by atoms with Gasteiger partial charge in [0.15, 0.2) is 11.6 Å². The Kier molecular flexibility index (Phi) is 17.6. The highest BCUT2D eigenvalue weighted by Gasteiger charge is 2.57. The molecule has 0 saturated carbocycles. The molecule has 21 nitrogen and oxygen atoms in total. The molecule has 0 aromatic rings. The molecular weight excluding hydrogens is 776 g/mol. The smallest absolute Gasteiger partial charge is 0.331 e. The number of amides is 6. The molecule has 0 bridgehead atoms. The number of rotatable bonds is 10. The first-order valence-corrected chi connectivity index (χ1v) is 20.5. The van der Waals surface area contributed by atoms with Gasteiger partial charge in [0, 0.05) is 13.0 Å². The number of aliphatic hydroxyl groups is 2. The summed E-state index contributed by atoms with van der Waals surface area (Å²) in [5.41, 5.74) is 5.74. The molecule has 0 radical (unpaired) electrons. The fourth-order valence-corrected chi connectivity index (χ4v) is 7.38. The molecule has 3 aliphatic heterocycles. The van der Waals surface area contributed by atoms with Crippen LogP contribution in [0.3, 0.4) is 0 Å². The molecule has 0 aliphatic carbocycles. The molecule has 3 fully saturated rings. The van der Waals surface area contributed by atoms with E-state index in [1.165, 1.54) is 13.8 Å². The lowest BCUT2D eigenvalue weighted by molar-refractivity contribution is -0.326. The minimum absolute atomic E-state index is 0.0199. The molecule has 3 heterocycles. The van der Waals surface area contributed by atoms with Gasteiger partial charge in [-0.1, -0.05) is 34.1 Å². The van der Waals surface area contributed by atoms with Crippen molar-refractivity contribution in [1.29, 1.82) is 0 Å². The highest BCUT2D eigenvalue weighted by molar-refractivity contribution is 5.97. The van der Waals surface area contributed by atoms with Gasteiger partial charge in [0.2, 0.25) is 17.6 Å². The van der Waals surface area contributed by atoms with Crippen LogP contribution in [0.2, 0.25) is 0 Å². The molecule has 0 aromatic carbocycles. The number of hydrazine groups is 1. The summed E-state index contributed by atoms with van der Waals surface area (Å²) in [7, 11) is 0. The largest absolute Gasteiger partial charge is 0.458 e. The van der Waals surface area contributed by atoms with Gasteiger partial charge in [-0.15, -0.1) is 0 Å². The van der Waals surface area contributed by atoms with E-state index in [0.717, 1.165) is 38.6 Å². The van der Waals surface area contributed by atoms with E-state index in [9.17, 15) is 54.2 Å². The number of nitrogens with one attached hydrogen (secondary N) is 4. The van der Waals surface area contributed by atoms with Gasteiger partial charge >= 0.3 is 5.97 Å². The normalized spacial score (nSPS) is 32.8. The van der Waals surface area contributed by atoms with Crippen LogP contribution >= 0.6 is 0 Å². The lowest BCUT2D eigenvalue weighted by Gasteiger charge is -2.47. The predicted molar refractivity (Wildman–Crippen MR) is 207 cm³/mol. The van der Waals surface area contributed by atoms with Crippen LogP contribution in [0.1, 0.15) is 107 Å². The zero-order chi connectivity index (χ0) is 44.6. The monoisotopic (exact) mass is 842 g/mol. The van der Waals surface area contributed by atoms with E-state index in [0.29, 0.717) is 18.8 Å². The number of cyclic esters (lactones) is 1. The molecule has 21 heteroatoms. The van der Waals surface area contributed by atoms with Crippen LogP contribution < -0.4 is 27.1 Å². The lowest BCUT2D eigenvalue weighted by Crippen LogP contribution is -2.68. The van der Waals surface area contributed by atoms with Crippen LogP contribution in [-0.2, 0) is 43.0 Å². The van der Waals surface area contributed by atoms with Gasteiger partial charge in [-0.05, 0) is 90.5 Å². The minimum atomic E-state index is -2.71. The summed E-state index contributed by atoms with van der Waals surface area (Å²) in [4.78, 5) is 95.9. The maximum absolute atomic E-state index is 14.4. The van der Waals surface area contributed by atoms with Crippen molar-refractivity contribution in [1.82, 2.24) is 36.5 Å². The van der Waals surface area contributed by atoms with Gasteiger partial charge in [0.05, 0.1) is 12.6 Å². The van der Waals surface area contributed by atoms with Crippen LogP contribution in [-0.4, -0.2) is 151 Å². The number of nitrogens with two attached hydrogens (primary N) is 1. The summed E-state index contributed by atoms with van der Waals surface area (Å²) < 4.78 is 11.7. The van der Waals surface area contributed by atoms with Crippen molar-refractivity contribution in [3.63, 3.8) is 0 Å². The van der Waals surface area contributed by atoms with E-state index in [1.54, 1.807) is 6.92 Å². The molecule has 336 valence electrons. The van der Waals surface area contributed by atoms with Gasteiger partial charge < -0.3 is 41.4 Å². The highest BCUT2D eigenvalue weighted by Crippen LogP contribution is 2.40. The Balaban J connectivity index is 2.09. The van der Waals surface area contributed by atoms with Crippen LogP contribution in [0.5, 0.6) is 0 Å². The lowest BCUT2D eigenvalue weighted by atomic mass is 9.79. The topological polar surface area (TPSA) is 303 Å². The van der Waals surface area contributed by atoms with Gasteiger partial charge in [-0.3, -0.25) is 44.2 Å². The molecule has 6 amide bonds. The molecule has 0 unspecified atom stereocenters. The van der Waals surface area contributed by atoms with Gasteiger partial charge in [-0.25, -0.2) is 20.3 Å². The van der Waals surface area contributed by atoms with Crippen molar-refractivity contribution >= 4 is 41.4 Å². The number of hydrogen-bond donors (Lipinski definition) is 9. The summed E-state index contributed by atoms with van der Waals surface area (Å²) in [5.74, 6) is -10.6. The summed E-state index contributed by atoms with van der Waals surface area (Å²) in [6, 6.07) is -8.22. The van der Waals surface area contributed by atoms with E-state index in [1.807, 2.05) is 0 Å². The van der Waals surface area contributed by atoms with Crippen molar-refractivity contribution in [2.45, 2.75) is 161 Å². The number of carbonyl (C=O) groups excluding carboxylic acids is 7. The van der Waals surface area contributed by atoms with Crippen molar-refractivity contribution in [2.75, 3.05) is 19.6 Å². The van der Waals surface area contributed by atoms with Crippen molar-refractivity contribution < 1.29 is 63.7 Å². The second kappa shape index (κ2) is 21.0. The average Bonchev–Trinajstić information content (AvgIpc) is 3.20. The molecular formula is C38H66N8O13. The maximum Gasteiger partial charge on any atom is 0.331 e. The highest BCUT2D eigenvalue weighted by atomic mass is 16.6. The fraction of sp³-hybridized carbons (Fsp3) is 0.816. The Morgan fingerprint density at radius 3 is 2.25 bits per heavy atom. The van der Waals surface area contributed by atoms with E-state index in [-0.39, 0.29) is 54.8 Å². The fourth-order valence-electron chi connectivity index (χ4n) is 7.38. The Morgan fingerprint density at radius 2 is 1.66 bits per heavy atom. The van der Waals surface area contributed by atoms with E-state index in [4.69, 9.17) is 15.2 Å². The number of ether oxygens (including phenoxy) is 2. The van der Waals surface area contributed by atoms with Crippen molar-refractivity contribution in [3.8, 4) is 0 Å². The zero-order valence-corrected chi connectivity index (χ0v) is 35.4. The number of fused-ring (bicyclic) bond motifs is 1. The molecule has 3 rings (SSSR count). The van der Waals surface area contributed by atoms with E-state index in [2.05, 4.69) is 35.2 Å². The third-order valence-electron chi connectivity index (χ3n) is 11.7. The number of esters is 1. The van der Waals surface area contributed by atoms with Crippen LogP contribution in [0.25, 0.3) is 0 Å². The van der Waals surface area contributed by atoms with Crippen LogP contribution in [0, 0.1) is 17.8 Å². The Morgan fingerprint density at radius 1 is 1.02 bits per heavy atom. The average molecular weight is 843 g/mol. The van der Waals surface area contributed by atoms with E-state index >= 15 is 0 Å². The van der Waals surface area contributed by atoms with E-state index < -0.39 is 108 Å². The molecule has 10 N–H and O–H groups in total. The quantitative estimate of drug-likeness (QED) is 0.0921. The number of hydrogen-bond acceptors (Lipinski definition) is 15. The van der Waals surface area contributed by atoms with Crippen molar-refractivity contribution in [2.24, 2.45) is 23.5 Å². The molecule has 11 atom stereocenters.